The maximum atomic E-state index is 13.0. The lowest BCUT2D eigenvalue weighted by Crippen LogP contribution is -2.39. The predicted molar refractivity (Wildman–Crippen MR) is 114 cm³/mol. The average Bonchev–Trinajstić information content (AvgIpc) is 2.64. The van der Waals surface area contributed by atoms with Gasteiger partial charge in [-0.2, -0.15) is 8.42 Å². The van der Waals surface area contributed by atoms with Crippen LogP contribution in [0.15, 0.2) is 54.6 Å². The van der Waals surface area contributed by atoms with Crippen LogP contribution < -0.4 is 0 Å². The third kappa shape index (κ3) is 3.44. The van der Waals surface area contributed by atoms with Crippen molar-refractivity contribution in [3.8, 4) is 11.5 Å². The molecule has 152 valence electrons. The molecule has 3 aromatic carbocycles. The Morgan fingerprint density at radius 1 is 0.759 bits per heavy atom. The van der Waals surface area contributed by atoms with Crippen molar-refractivity contribution in [3.05, 3.63) is 91.4 Å². The van der Waals surface area contributed by atoms with Crippen LogP contribution >= 0.6 is 46.4 Å². The lowest BCUT2D eigenvalue weighted by molar-refractivity contribution is 0.428. The lowest BCUT2D eigenvalue weighted by atomic mass is 9.82. The minimum atomic E-state index is -5.22. The van der Waals surface area contributed by atoms with Crippen LogP contribution in [0.4, 0.5) is 0 Å². The van der Waals surface area contributed by atoms with E-state index in [0.717, 1.165) is 6.07 Å². The third-order valence-corrected chi connectivity index (χ3v) is 7.24. The molecule has 1 unspecified atom stereocenters. The molecule has 0 aliphatic carbocycles. The second-order valence-electron chi connectivity index (χ2n) is 6.03. The minimum Gasteiger partial charge on any atom is -0.508 e. The van der Waals surface area contributed by atoms with Gasteiger partial charge in [-0.3, -0.25) is 4.55 Å². The van der Waals surface area contributed by atoms with E-state index in [4.69, 9.17) is 46.4 Å². The van der Waals surface area contributed by atoms with Crippen LogP contribution in [-0.4, -0.2) is 23.2 Å². The number of aromatic hydroxyl groups is 2. The summed E-state index contributed by atoms with van der Waals surface area (Å²) < 4.78 is 33.9. The third-order valence-electron chi connectivity index (χ3n) is 4.42. The molecule has 10 heteroatoms. The number of phenols is 2. The minimum absolute atomic E-state index is 0.0834. The van der Waals surface area contributed by atoms with Crippen molar-refractivity contribution in [2.24, 2.45) is 0 Å². The highest BCUT2D eigenvalue weighted by atomic mass is 35.5. The highest BCUT2D eigenvalue weighted by Crippen LogP contribution is 2.55. The van der Waals surface area contributed by atoms with E-state index in [1.54, 1.807) is 0 Å². The summed E-state index contributed by atoms with van der Waals surface area (Å²) in [7, 11) is -5.22. The second kappa shape index (κ2) is 7.87. The Kier molecular flexibility index (Phi) is 5.98. The topological polar surface area (TPSA) is 94.8 Å². The molecular formula is C19H12Cl4O5S. The first-order valence-corrected chi connectivity index (χ1v) is 10.9. The molecule has 3 N–H and O–H groups in total. The van der Waals surface area contributed by atoms with Gasteiger partial charge in [-0.15, -0.1) is 0 Å². The summed E-state index contributed by atoms with van der Waals surface area (Å²) >= 11 is 24.8. The Labute approximate surface area is 186 Å². The second-order valence-corrected chi connectivity index (χ2v) is 9.19. The van der Waals surface area contributed by atoms with Crippen molar-refractivity contribution >= 4 is 56.5 Å². The Hall–Kier alpha value is -1.67. The van der Waals surface area contributed by atoms with E-state index >= 15 is 0 Å². The van der Waals surface area contributed by atoms with Gasteiger partial charge in [0, 0.05) is 21.7 Å². The van der Waals surface area contributed by atoms with Crippen molar-refractivity contribution in [2.75, 3.05) is 0 Å². The Morgan fingerprint density at radius 2 is 1.31 bits per heavy atom. The molecule has 0 spiro atoms. The summed E-state index contributed by atoms with van der Waals surface area (Å²) in [6.45, 7) is 0. The summed E-state index contributed by atoms with van der Waals surface area (Å²) in [6, 6.07) is 12.2. The van der Waals surface area contributed by atoms with E-state index in [1.165, 1.54) is 48.5 Å². The van der Waals surface area contributed by atoms with Gasteiger partial charge in [0.2, 0.25) is 0 Å². The molecule has 0 aromatic heterocycles. The summed E-state index contributed by atoms with van der Waals surface area (Å²) in [5, 5.41) is 20.3. The van der Waals surface area contributed by atoms with Gasteiger partial charge in [-0.1, -0.05) is 82.8 Å². The number of phenolic OH excluding ortho intramolecular Hbond substituents is 2. The van der Waals surface area contributed by atoms with E-state index in [0.29, 0.717) is 0 Å². The Morgan fingerprint density at radius 3 is 1.86 bits per heavy atom. The number of para-hydroxylation sites is 1. The number of halogens is 4. The molecule has 0 heterocycles. The molecular weight excluding hydrogens is 482 g/mol. The van der Waals surface area contributed by atoms with E-state index in [9.17, 15) is 23.2 Å². The molecule has 1 atom stereocenters. The molecule has 5 nitrogen and oxygen atoms in total. The fourth-order valence-electron chi connectivity index (χ4n) is 3.25. The smallest absolute Gasteiger partial charge is 0.283 e. The lowest BCUT2D eigenvalue weighted by Gasteiger charge is -2.34. The van der Waals surface area contributed by atoms with E-state index in [1.807, 2.05) is 0 Å². The van der Waals surface area contributed by atoms with Gasteiger partial charge < -0.3 is 10.2 Å². The van der Waals surface area contributed by atoms with Gasteiger partial charge >= 0.3 is 0 Å². The monoisotopic (exact) mass is 492 g/mol. The van der Waals surface area contributed by atoms with Crippen LogP contribution in [0.25, 0.3) is 0 Å². The molecule has 3 rings (SSSR count). The molecule has 0 aliphatic heterocycles. The van der Waals surface area contributed by atoms with Gasteiger partial charge in [0.15, 0.2) is 4.75 Å². The zero-order chi connectivity index (χ0) is 21.6. The van der Waals surface area contributed by atoms with Crippen molar-refractivity contribution < 1.29 is 23.2 Å². The van der Waals surface area contributed by atoms with Gasteiger partial charge in [0.05, 0.1) is 15.1 Å². The quantitative estimate of drug-likeness (QED) is 0.239. The van der Waals surface area contributed by atoms with Crippen LogP contribution in [-0.2, 0) is 14.9 Å². The highest BCUT2D eigenvalue weighted by molar-refractivity contribution is 7.87. The van der Waals surface area contributed by atoms with Crippen molar-refractivity contribution in [2.45, 2.75) is 4.75 Å². The molecule has 0 saturated carbocycles. The zero-order valence-corrected chi connectivity index (χ0v) is 18.1. The Balaban J connectivity index is 2.72. The molecule has 0 aliphatic rings. The zero-order valence-electron chi connectivity index (χ0n) is 14.3. The van der Waals surface area contributed by atoms with Crippen LogP contribution in [0, 0.1) is 0 Å². The predicted octanol–water partition coefficient (Wildman–Crippen LogP) is 5.89. The standard InChI is InChI=1S/C19H12Cl4O5S/c20-12-7-3-1-5-10(12)19(29(26,27)28,11-6-2-4-8-15(11)24)16-17(23)13(21)9-14(22)18(16)25/h1-9,24-25H,(H,26,27,28). The Bertz CT molecular complexity index is 1140. The SMILES string of the molecule is O=S(=O)(O)C(c1ccccc1O)(c1ccccc1Cl)c1c(O)c(Cl)cc(Cl)c1Cl. The van der Waals surface area contributed by atoms with Crippen LogP contribution in [0.3, 0.4) is 0 Å². The van der Waals surface area contributed by atoms with Crippen molar-refractivity contribution in [1.29, 1.82) is 0 Å². The maximum Gasteiger partial charge on any atom is 0.283 e. The van der Waals surface area contributed by atoms with Gasteiger partial charge in [0.1, 0.15) is 11.5 Å². The van der Waals surface area contributed by atoms with Crippen LogP contribution in [0.5, 0.6) is 11.5 Å². The number of rotatable bonds is 4. The first-order chi connectivity index (χ1) is 13.5. The van der Waals surface area contributed by atoms with Gasteiger partial charge in [0.25, 0.3) is 10.1 Å². The normalized spacial score (nSPS) is 13.8. The van der Waals surface area contributed by atoms with Gasteiger partial charge in [-0.05, 0) is 18.2 Å². The summed E-state index contributed by atoms with van der Waals surface area (Å²) in [4.78, 5) is 0. The number of benzene rings is 3. The molecule has 3 aromatic rings. The molecule has 0 radical (unpaired) electrons. The van der Waals surface area contributed by atoms with E-state index in [-0.39, 0.29) is 26.2 Å². The fourth-order valence-corrected chi connectivity index (χ4v) is 5.75. The molecule has 29 heavy (non-hydrogen) atoms. The average molecular weight is 494 g/mol. The van der Waals surface area contributed by atoms with Gasteiger partial charge in [-0.25, -0.2) is 0 Å². The molecule has 0 amide bonds. The first kappa shape index (κ1) is 22.0. The van der Waals surface area contributed by atoms with E-state index in [2.05, 4.69) is 0 Å². The summed E-state index contributed by atoms with van der Waals surface area (Å²) in [5.74, 6) is -1.25. The van der Waals surface area contributed by atoms with Crippen LogP contribution in [0.2, 0.25) is 20.1 Å². The summed E-state index contributed by atoms with van der Waals surface area (Å²) in [5.41, 5.74) is -1.04. The summed E-state index contributed by atoms with van der Waals surface area (Å²) in [6.07, 6.45) is 0. The molecule has 0 saturated heterocycles. The van der Waals surface area contributed by atoms with Crippen molar-refractivity contribution in [1.82, 2.24) is 0 Å². The maximum absolute atomic E-state index is 13.0. The molecule has 0 bridgehead atoms. The fraction of sp³-hybridized carbons (Fsp3) is 0.0526. The first-order valence-electron chi connectivity index (χ1n) is 7.91. The largest absolute Gasteiger partial charge is 0.508 e. The number of hydrogen-bond acceptors (Lipinski definition) is 4. The highest BCUT2D eigenvalue weighted by Gasteiger charge is 2.54. The number of hydrogen-bond donors (Lipinski definition) is 3. The van der Waals surface area contributed by atoms with Crippen molar-refractivity contribution in [3.63, 3.8) is 0 Å². The van der Waals surface area contributed by atoms with E-state index < -0.39 is 37.0 Å². The van der Waals surface area contributed by atoms with Crippen LogP contribution in [0.1, 0.15) is 16.7 Å². The molecule has 0 fully saturated rings.